The molecule has 0 radical (unpaired) electrons. The fourth-order valence-corrected chi connectivity index (χ4v) is 4.34. The molecule has 8 heteroatoms. The van der Waals surface area contributed by atoms with Crippen molar-refractivity contribution in [2.24, 2.45) is 13.0 Å². The van der Waals surface area contributed by atoms with Gasteiger partial charge in [-0.15, -0.1) is 0 Å². The van der Waals surface area contributed by atoms with Crippen LogP contribution in [-0.4, -0.2) is 48.7 Å². The van der Waals surface area contributed by atoms with Crippen molar-refractivity contribution >= 4 is 11.9 Å². The van der Waals surface area contributed by atoms with Crippen LogP contribution in [0.4, 0.5) is 0 Å². The number of aliphatic carboxylic acids is 1. The molecule has 0 aromatic carbocycles. The maximum atomic E-state index is 13.2. The molecule has 1 amide bonds. The van der Waals surface area contributed by atoms with Crippen molar-refractivity contribution in [3.63, 3.8) is 0 Å². The number of aromatic nitrogens is 3. The summed E-state index contributed by atoms with van der Waals surface area (Å²) < 4.78 is 7.30. The van der Waals surface area contributed by atoms with E-state index in [2.05, 4.69) is 10.1 Å². The molecule has 0 bridgehead atoms. The van der Waals surface area contributed by atoms with Gasteiger partial charge in [-0.2, -0.15) is 5.10 Å². The SMILES string of the molecule is Cc1oc(-c2cnn(C)c2)nc1C(=O)N1C(C(=O)O)CC2CCCCC21. The molecule has 2 aromatic heterocycles. The zero-order valence-corrected chi connectivity index (χ0v) is 14.9. The lowest BCUT2D eigenvalue weighted by Gasteiger charge is -2.32. The van der Waals surface area contributed by atoms with Crippen LogP contribution in [0.1, 0.15) is 48.4 Å². The van der Waals surface area contributed by atoms with E-state index in [9.17, 15) is 14.7 Å². The van der Waals surface area contributed by atoms with Crippen LogP contribution in [0.2, 0.25) is 0 Å². The molecule has 0 spiro atoms. The number of oxazole rings is 1. The van der Waals surface area contributed by atoms with Crippen LogP contribution in [0.25, 0.3) is 11.5 Å². The number of hydrogen-bond donors (Lipinski definition) is 1. The Morgan fingerprint density at radius 3 is 2.77 bits per heavy atom. The monoisotopic (exact) mass is 358 g/mol. The molecule has 2 fully saturated rings. The van der Waals surface area contributed by atoms with Gasteiger partial charge in [-0.25, -0.2) is 9.78 Å². The van der Waals surface area contributed by atoms with Gasteiger partial charge in [0.2, 0.25) is 5.89 Å². The molecule has 4 rings (SSSR count). The van der Waals surface area contributed by atoms with E-state index in [4.69, 9.17) is 4.42 Å². The van der Waals surface area contributed by atoms with Crippen LogP contribution < -0.4 is 0 Å². The van der Waals surface area contributed by atoms with E-state index < -0.39 is 12.0 Å². The lowest BCUT2D eigenvalue weighted by atomic mass is 9.84. The number of carboxylic acids is 1. The van der Waals surface area contributed by atoms with Crippen molar-refractivity contribution in [3.05, 3.63) is 23.8 Å². The average molecular weight is 358 g/mol. The summed E-state index contributed by atoms with van der Waals surface area (Å²) >= 11 is 0. The van der Waals surface area contributed by atoms with Gasteiger partial charge in [0.05, 0.1) is 11.8 Å². The molecule has 1 aliphatic heterocycles. The Kier molecular flexibility index (Phi) is 4.05. The molecule has 26 heavy (non-hydrogen) atoms. The van der Waals surface area contributed by atoms with Gasteiger partial charge in [-0.05, 0) is 32.1 Å². The second-order valence-corrected chi connectivity index (χ2v) is 7.24. The third-order valence-electron chi connectivity index (χ3n) is 5.56. The molecule has 3 unspecified atom stereocenters. The predicted molar refractivity (Wildman–Crippen MR) is 91.4 cm³/mol. The molecule has 3 heterocycles. The second kappa shape index (κ2) is 6.26. The van der Waals surface area contributed by atoms with Crippen molar-refractivity contribution in [3.8, 4) is 11.5 Å². The largest absolute Gasteiger partial charge is 0.480 e. The highest BCUT2D eigenvalue weighted by Gasteiger charge is 2.48. The Morgan fingerprint density at radius 1 is 1.31 bits per heavy atom. The summed E-state index contributed by atoms with van der Waals surface area (Å²) in [4.78, 5) is 30.9. The third kappa shape index (κ3) is 2.69. The molecule has 3 atom stereocenters. The summed E-state index contributed by atoms with van der Waals surface area (Å²) in [6.07, 6.45) is 7.86. The number of rotatable bonds is 3. The van der Waals surface area contributed by atoms with E-state index in [1.165, 1.54) is 0 Å². The third-order valence-corrected chi connectivity index (χ3v) is 5.56. The van der Waals surface area contributed by atoms with Crippen molar-refractivity contribution < 1.29 is 19.1 Å². The number of hydrogen-bond acceptors (Lipinski definition) is 5. The standard InChI is InChI=1S/C18H22N4O4/c1-10-15(20-16(26-10)12-8-19-21(2)9-12)17(23)22-13-6-4-3-5-11(13)7-14(22)18(24)25/h8-9,11,13-14H,3-7H2,1-2H3,(H,24,25). The summed E-state index contributed by atoms with van der Waals surface area (Å²) in [7, 11) is 1.79. The normalized spacial score (nSPS) is 25.3. The van der Waals surface area contributed by atoms with Crippen LogP contribution in [0, 0.1) is 12.8 Å². The van der Waals surface area contributed by atoms with E-state index in [1.54, 1.807) is 35.9 Å². The Hall–Kier alpha value is -2.64. The topological polar surface area (TPSA) is 101 Å². The highest BCUT2D eigenvalue weighted by Crippen LogP contribution is 2.40. The van der Waals surface area contributed by atoms with Crippen LogP contribution in [0.3, 0.4) is 0 Å². The smallest absolute Gasteiger partial charge is 0.326 e. The number of aryl methyl sites for hydroxylation is 2. The molecule has 1 N–H and O–H groups in total. The van der Waals surface area contributed by atoms with E-state index >= 15 is 0 Å². The number of carbonyl (C=O) groups is 2. The van der Waals surface area contributed by atoms with Gasteiger partial charge in [0, 0.05) is 19.3 Å². The van der Waals surface area contributed by atoms with Crippen molar-refractivity contribution in [1.82, 2.24) is 19.7 Å². The van der Waals surface area contributed by atoms with Gasteiger partial charge in [0.15, 0.2) is 5.69 Å². The summed E-state index contributed by atoms with van der Waals surface area (Å²) in [5, 5.41) is 13.7. The van der Waals surface area contributed by atoms with E-state index in [0.29, 0.717) is 23.6 Å². The summed E-state index contributed by atoms with van der Waals surface area (Å²) in [6, 6.07) is -0.802. The molecular weight excluding hydrogens is 336 g/mol. The van der Waals surface area contributed by atoms with E-state index in [0.717, 1.165) is 25.7 Å². The molecule has 2 aliphatic rings. The lowest BCUT2D eigenvalue weighted by Crippen LogP contribution is -2.46. The molecule has 2 aromatic rings. The Balaban J connectivity index is 1.67. The maximum Gasteiger partial charge on any atom is 0.326 e. The highest BCUT2D eigenvalue weighted by atomic mass is 16.4. The van der Waals surface area contributed by atoms with Crippen molar-refractivity contribution in [2.45, 2.75) is 51.1 Å². The zero-order chi connectivity index (χ0) is 18.4. The second-order valence-electron chi connectivity index (χ2n) is 7.24. The molecule has 1 saturated heterocycles. The van der Waals surface area contributed by atoms with E-state index in [-0.39, 0.29) is 23.6 Å². The van der Waals surface area contributed by atoms with Crippen LogP contribution >= 0.6 is 0 Å². The molecule has 8 nitrogen and oxygen atoms in total. The first kappa shape index (κ1) is 16.8. The quantitative estimate of drug-likeness (QED) is 0.903. The van der Waals surface area contributed by atoms with E-state index in [1.807, 2.05) is 0 Å². The van der Waals surface area contributed by atoms with Gasteiger partial charge >= 0.3 is 5.97 Å². The number of amides is 1. The summed E-state index contributed by atoms with van der Waals surface area (Å²) in [5.41, 5.74) is 0.878. The number of carboxylic acid groups (broad SMARTS) is 1. The van der Waals surface area contributed by atoms with Crippen LogP contribution in [0.5, 0.6) is 0 Å². The highest BCUT2D eigenvalue weighted by molar-refractivity contribution is 5.97. The van der Waals surface area contributed by atoms with Crippen molar-refractivity contribution in [2.75, 3.05) is 0 Å². The van der Waals surface area contributed by atoms with Gasteiger partial charge < -0.3 is 14.4 Å². The first-order chi connectivity index (χ1) is 12.5. The molecule has 1 saturated carbocycles. The lowest BCUT2D eigenvalue weighted by molar-refractivity contribution is -0.141. The summed E-state index contributed by atoms with van der Waals surface area (Å²) in [6.45, 7) is 1.68. The fourth-order valence-electron chi connectivity index (χ4n) is 4.34. The minimum absolute atomic E-state index is 0.0182. The summed E-state index contributed by atoms with van der Waals surface area (Å²) in [5.74, 6) is -0.300. The van der Waals surface area contributed by atoms with Gasteiger partial charge in [-0.3, -0.25) is 9.48 Å². The van der Waals surface area contributed by atoms with Crippen LogP contribution in [0.15, 0.2) is 16.8 Å². The first-order valence-corrected chi connectivity index (χ1v) is 8.97. The minimum Gasteiger partial charge on any atom is -0.480 e. The minimum atomic E-state index is -0.943. The van der Waals surface area contributed by atoms with Gasteiger partial charge in [-0.1, -0.05) is 12.8 Å². The Bertz CT molecular complexity index is 855. The van der Waals surface area contributed by atoms with Crippen molar-refractivity contribution in [1.29, 1.82) is 0 Å². The Morgan fingerprint density at radius 2 is 2.08 bits per heavy atom. The number of fused-ring (bicyclic) bond motifs is 1. The van der Waals surface area contributed by atoms with Gasteiger partial charge in [0.25, 0.3) is 5.91 Å². The Labute approximate surface area is 150 Å². The molecule has 138 valence electrons. The average Bonchev–Trinajstić information content (AvgIpc) is 3.30. The first-order valence-electron chi connectivity index (χ1n) is 8.97. The number of nitrogens with zero attached hydrogens (tertiary/aromatic N) is 4. The fraction of sp³-hybridized carbons (Fsp3) is 0.556. The number of likely N-dealkylation sites (tertiary alicyclic amines) is 1. The molecule has 1 aliphatic carbocycles. The molecular formula is C18H22N4O4. The predicted octanol–water partition coefficient (Wildman–Crippen LogP) is 2.24. The maximum absolute atomic E-state index is 13.2. The van der Waals surface area contributed by atoms with Crippen LogP contribution in [-0.2, 0) is 11.8 Å². The number of carbonyl (C=O) groups excluding carboxylic acids is 1. The zero-order valence-electron chi connectivity index (χ0n) is 14.9. The van der Waals surface area contributed by atoms with Gasteiger partial charge in [0.1, 0.15) is 11.8 Å².